The van der Waals surface area contributed by atoms with E-state index in [1.54, 1.807) is 11.1 Å². The summed E-state index contributed by atoms with van der Waals surface area (Å²) in [5.41, 5.74) is 1.17. The van der Waals surface area contributed by atoms with Gasteiger partial charge in [0, 0.05) is 25.9 Å². The van der Waals surface area contributed by atoms with Gasteiger partial charge in [0.1, 0.15) is 11.8 Å². The summed E-state index contributed by atoms with van der Waals surface area (Å²) in [5.74, 6) is 1.54. The summed E-state index contributed by atoms with van der Waals surface area (Å²) >= 11 is 0. The normalized spacial score (nSPS) is 20.6. The maximum absolute atomic E-state index is 13.1. The van der Waals surface area contributed by atoms with Crippen LogP contribution >= 0.6 is 0 Å². The first-order valence-electron chi connectivity index (χ1n) is 10.8. The molecule has 2 aliphatic rings. The van der Waals surface area contributed by atoms with E-state index in [9.17, 15) is 9.59 Å². The van der Waals surface area contributed by atoms with Crippen LogP contribution in [0.15, 0.2) is 40.9 Å². The second-order valence-corrected chi connectivity index (χ2v) is 8.05. The van der Waals surface area contributed by atoms with Crippen LogP contribution in [0.5, 0.6) is 0 Å². The van der Waals surface area contributed by atoms with Gasteiger partial charge in [0.05, 0.1) is 12.7 Å². The van der Waals surface area contributed by atoms with Crippen molar-refractivity contribution in [2.75, 3.05) is 19.6 Å². The van der Waals surface area contributed by atoms with Crippen molar-refractivity contribution in [1.82, 2.24) is 14.8 Å². The molecule has 29 heavy (non-hydrogen) atoms. The molecular weight excluding hydrogens is 366 g/mol. The van der Waals surface area contributed by atoms with Gasteiger partial charge in [0.25, 0.3) is 0 Å². The molecule has 3 heterocycles. The number of hydrogen-bond acceptors (Lipinski definition) is 4. The predicted octanol–water partition coefficient (Wildman–Crippen LogP) is 3.72. The van der Waals surface area contributed by atoms with Gasteiger partial charge in [-0.3, -0.25) is 9.59 Å². The second-order valence-electron chi connectivity index (χ2n) is 8.05. The van der Waals surface area contributed by atoms with Crippen LogP contribution < -0.4 is 0 Å². The summed E-state index contributed by atoms with van der Waals surface area (Å²) in [6, 6.07) is 10.0. The summed E-state index contributed by atoms with van der Waals surface area (Å²) in [6.07, 6.45) is 8.87. The Bertz CT molecular complexity index is 833. The largest absolute Gasteiger partial charge is 0.443 e. The Morgan fingerprint density at radius 3 is 2.76 bits per heavy atom. The van der Waals surface area contributed by atoms with Gasteiger partial charge in [-0.05, 0) is 37.7 Å². The summed E-state index contributed by atoms with van der Waals surface area (Å²) in [5, 5.41) is 0. The van der Waals surface area contributed by atoms with Gasteiger partial charge in [0.15, 0.2) is 0 Å². The third-order valence-corrected chi connectivity index (χ3v) is 5.90. The summed E-state index contributed by atoms with van der Waals surface area (Å²) in [4.78, 5) is 33.5. The second kappa shape index (κ2) is 9.25. The number of likely N-dealkylation sites (tertiary alicyclic amines) is 2. The average Bonchev–Trinajstić information content (AvgIpc) is 3.12. The number of piperidine rings is 1. The Hall–Kier alpha value is -2.63. The number of hydrogen-bond donors (Lipinski definition) is 0. The van der Waals surface area contributed by atoms with Crippen LogP contribution in [-0.2, 0) is 16.0 Å². The molecule has 0 spiro atoms. The van der Waals surface area contributed by atoms with Gasteiger partial charge in [-0.1, -0.05) is 36.8 Å². The number of carbonyl (C=O) groups is 2. The smallest absolute Gasteiger partial charge is 0.242 e. The minimum Gasteiger partial charge on any atom is -0.443 e. The number of carbonyl (C=O) groups excluding carboxylic acids is 2. The van der Waals surface area contributed by atoms with Crippen molar-refractivity contribution < 1.29 is 14.0 Å². The van der Waals surface area contributed by atoms with Gasteiger partial charge in [-0.2, -0.15) is 0 Å². The molecule has 0 radical (unpaired) electrons. The Labute approximate surface area is 171 Å². The minimum absolute atomic E-state index is 0.00718. The highest BCUT2D eigenvalue weighted by Gasteiger charge is 2.33. The number of benzene rings is 1. The lowest BCUT2D eigenvalue weighted by Gasteiger charge is -2.35. The highest BCUT2D eigenvalue weighted by atomic mass is 16.4. The van der Waals surface area contributed by atoms with Crippen LogP contribution in [0.2, 0.25) is 0 Å². The molecule has 1 unspecified atom stereocenters. The fraction of sp³-hybridized carbons (Fsp3) is 0.522. The quantitative estimate of drug-likeness (QED) is 0.774. The number of rotatable bonds is 5. The Morgan fingerprint density at radius 2 is 1.90 bits per heavy atom. The summed E-state index contributed by atoms with van der Waals surface area (Å²) in [7, 11) is 0. The van der Waals surface area contributed by atoms with Gasteiger partial charge < -0.3 is 14.2 Å². The molecule has 6 heteroatoms. The van der Waals surface area contributed by atoms with E-state index in [1.165, 1.54) is 5.56 Å². The maximum atomic E-state index is 13.1. The average molecular weight is 396 g/mol. The van der Waals surface area contributed by atoms with Crippen LogP contribution in [0.3, 0.4) is 0 Å². The van der Waals surface area contributed by atoms with E-state index >= 15 is 0 Å². The highest BCUT2D eigenvalue weighted by molar-refractivity contribution is 5.85. The van der Waals surface area contributed by atoms with Crippen LogP contribution in [0.1, 0.15) is 68.2 Å². The molecule has 6 nitrogen and oxygen atoms in total. The molecule has 1 atom stereocenters. The van der Waals surface area contributed by atoms with Crippen LogP contribution in [0.4, 0.5) is 0 Å². The topological polar surface area (TPSA) is 66.7 Å². The van der Waals surface area contributed by atoms with Crippen molar-refractivity contribution in [2.24, 2.45) is 0 Å². The van der Waals surface area contributed by atoms with E-state index < -0.39 is 0 Å². The van der Waals surface area contributed by atoms with Crippen LogP contribution in [0, 0.1) is 0 Å². The molecule has 0 aliphatic carbocycles. The standard InChI is InChI=1S/C23H29N3O3/c27-21-12-5-2-7-13-25(21)17-22(28)26-14-8-6-11-20(26)23-24-16-19(29-23)15-18-9-3-1-4-10-18/h1,3-4,9-10,16,20H,2,5-8,11-15,17H2. The Morgan fingerprint density at radius 1 is 1.07 bits per heavy atom. The number of oxazole rings is 1. The molecule has 1 aromatic heterocycles. The molecule has 2 fully saturated rings. The third-order valence-electron chi connectivity index (χ3n) is 5.90. The zero-order valence-corrected chi connectivity index (χ0v) is 16.9. The number of amides is 2. The van der Waals surface area contributed by atoms with Crippen molar-refractivity contribution in [3.63, 3.8) is 0 Å². The molecule has 2 amide bonds. The monoisotopic (exact) mass is 395 g/mol. The zero-order valence-electron chi connectivity index (χ0n) is 16.9. The predicted molar refractivity (Wildman–Crippen MR) is 109 cm³/mol. The fourth-order valence-corrected chi connectivity index (χ4v) is 4.30. The molecule has 1 aromatic carbocycles. The van der Waals surface area contributed by atoms with Crippen molar-refractivity contribution >= 4 is 11.8 Å². The first-order valence-corrected chi connectivity index (χ1v) is 10.8. The van der Waals surface area contributed by atoms with E-state index in [4.69, 9.17) is 4.42 Å². The van der Waals surface area contributed by atoms with Gasteiger partial charge >= 0.3 is 0 Å². The van der Waals surface area contributed by atoms with E-state index in [2.05, 4.69) is 17.1 Å². The first kappa shape index (κ1) is 19.7. The summed E-state index contributed by atoms with van der Waals surface area (Å²) in [6.45, 7) is 1.55. The van der Waals surface area contributed by atoms with Crippen molar-refractivity contribution in [1.29, 1.82) is 0 Å². The Balaban J connectivity index is 1.44. The molecule has 0 saturated carbocycles. The lowest BCUT2D eigenvalue weighted by molar-refractivity contribution is -0.143. The SMILES string of the molecule is O=C1CCCCCN1CC(=O)N1CCCCC1c1ncc(Cc2ccccc2)o1. The fourth-order valence-electron chi connectivity index (χ4n) is 4.30. The molecule has 0 N–H and O–H groups in total. The lowest BCUT2D eigenvalue weighted by Crippen LogP contribution is -2.46. The molecule has 0 bridgehead atoms. The summed E-state index contributed by atoms with van der Waals surface area (Å²) < 4.78 is 6.05. The van der Waals surface area contributed by atoms with Crippen LogP contribution in [-0.4, -0.2) is 46.2 Å². The molecule has 4 rings (SSSR count). The van der Waals surface area contributed by atoms with Gasteiger partial charge in [-0.25, -0.2) is 4.98 Å². The van der Waals surface area contributed by atoms with E-state index in [0.717, 1.165) is 44.3 Å². The Kier molecular flexibility index (Phi) is 6.27. The number of nitrogens with zero attached hydrogens (tertiary/aromatic N) is 3. The lowest BCUT2D eigenvalue weighted by atomic mass is 10.0. The number of aromatic nitrogens is 1. The van der Waals surface area contributed by atoms with Crippen LogP contribution in [0.25, 0.3) is 0 Å². The molecular formula is C23H29N3O3. The first-order chi connectivity index (χ1) is 14.2. The minimum atomic E-state index is -0.136. The van der Waals surface area contributed by atoms with Crippen molar-refractivity contribution in [3.8, 4) is 0 Å². The van der Waals surface area contributed by atoms with Crippen molar-refractivity contribution in [3.05, 3.63) is 53.7 Å². The highest BCUT2D eigenvalue weighted by Crippen LogP contribution is 2.31. The van der Waals surface area contributed by atoms with Gasteiger partial charge in [0.2, 0.25) is 17.7 Å². The van der Waals surface area contributed by atoms with Gasteiger partial charge in [-0.15, -0.1) is 0 Å². The third kappa shape index (κ3) is 4.86. The molecule has 2 saturated heterocycles. The van der Waals surface area contributed by atoms with Crippen molar-refractivity contribution in [2.45, 2.75) is 57.4 Å². The molecule has 2 aromatic rings. The molecule has 2 aliphatic heterocycles. The maximum Gasteiger partial charge on any atom is 0.242 e. The zero-order chi connectivity index (χ0) is 20.1. The van der Waals surface area contributed by atoms with E-state index in [0.29, 0.717) is 31.8 Å². The molecule has 154 valence electrons. The van der Waals surface area contributed by atoms with E-state index in [-0.39, 0.29) is 24.4 Å². The van der Waals surface area contributed by atoms with E-state index in [1.807, 2.05) is 23.1 Å².